The van der Waals surface area contributed by atoms with Crippen LogP contribution in [-0.4, -0.2) is 14.8 Å². The highest BCUT2D eigenvalue weighted by atomic mass is 35.5. The Morgan fingerprint density at radius 1 is 1.12 bits per heavy atom. The molecule has 3 rings (SSSR count). The van der Waals surface area contributed by atoms with E-state index < -0.39 is 0 Å². The summed E-state index contributed by atoms with van der Waals surface area (Å²) in [6.45, 7) is 5.57. The van der Waals surface area contributed by atoms with Crippen LogP contribution in [-0.2, 0) is 18.8 Å². The van der Waals surface area contributed by atoms with Crippen molar-refractivity contribution in [2.75, 3.05) is 5.32 Å². The molecular formula is C19H21ClN4S. The third kappa shape index (κ3) is 4.55. The molecule has 0 unspecified atom stereocenters. The second kappa shape index (κ2) is 8.41. The Balaban J connectivity index is 1.66. The van der Waals surface area contributed by atoms with Crippen molar-refractivity contribution in [1.29, 1.82) is 0 Å². The van der Waals surface area contributed by atoms with Crippen molar-refractivity contribution in [3.05, 3.63) is 70.5 Å². The molecule has 0 aliphatic heterocycles. The summed E-state index contributed by atoms with van der Waals surface area (Å²) < 4.78 is 2.15. The molecule has 1 aromatic heterocycles. The first-order valence-electron chi connectivity index (χ1n) is 8.26. The molecule has 0 atom stereocenters. The van der Waals surface area contributed by atoms with Gasteiger partial charge in [0.1, 0.15) is 0 Å². The van der Waals surface area contributed by atoms with Crippen LogP contribution in [0, 0.1) is 6.92 Å². The van der Waals surface area contributed by atoms with Gasteiger partial charge < -0.3 is 9.88 Å². The summed E-state index contributed by atoms with van der Waals surface area (Å²) in [6.07, 6.45) is 0. The predicted octanol–water partition coefficient (Wildman–Crippen LogP) is 5.16. The van der Waals surface area contributed by atoms with Gasteiger partial charge in [0.25, 0.3) is 0 Å². The molecule has 0 bridgehead atoms. The molecule has 4 nitrogen and oxygen atoms in total. The molecule has 0 fully saturated rings. The standard InChI is InChI=1S/C19H21ClN4S/c1-3-24-18(12-21-16-10-9-14(2)17(20)11-16)22-23-19(24)25-13-15-7-5-4-6-8-15/h4-11,21H,3,12-13H2,1-2H3. The summed E-state index contributed by atoms with van der Waals surface area (Å²) >= 11 is 7.89. The van der Waals surface area contributed by atoms with Gasteiger partial charge in [0, 0.05) is 23.0 Å². The van der Waals surface area contributed by atoms with Crippen molar-refractivity contribution in [2.24, 2.45) is 0 Å². The largest absolute Gasteiger partial charge is 0.378 e. The number of hydrogen-bond acceptors (Lipinski definition) is 4. The van der Waals surface area contributed by atoms with E-state index >= 15 is 0 Å². The maximum Gasteiger partial charge on any atom is 0.191 e. The lowest BCUT2D eigenvalue weighted by Gasteiger charge is -2.10. The average Bonchev–Trinajstić information content (AvgIpc) is 3.03. The lowest BCUT2D eigenvalue weighted by Crippen LogP contribution is -2.08. The van der Waals surface area contributed by atoms with Gasteiger partial charge in [0.05, 0.1) is 6.54 Å². The number of nitrogens with zero attached hydrogens (tertiary/aromatic N) is 3. The van der Waals surface area contributed by atoms with Crippen molar-refractivity contribution in [3.8, 4) is 0 Å². The summed E-state index contributed by atoms with van der Waals surface area (Å²) in [7, 11) is 0. The van der Waals surface area contributed by atoms with Crippen molar-refractivity contribution in [2.45, 2.75) is 37.8 Å². The molecule has 6 heteroatoms. The van der Waals surface area contributed by atoms with E-state index in [0.717, 1.165) is 39.6 Å². The Morgan fingerprint density at radius 3 is 2.64 bits per heavy atom. The molecule has 0 aliphatic rings. The highest BCUT2D eigenvalue weighted by Crippen LogP contribution is 2.23. The number of aryl methyl sites for hydroxylation is 1. The van der Waals surface area contributed by atoms with Crippen LogP contribution in [0.1, 0.15) is 23.9 Å². The molecule has 1 N–H and O–H groups in total. The number of anilines is 1. The molecule has 1 heterocycles. The first-order chi connectivity index (χ1) is 12.2. The molecule has 0 spiro atoms. The van der Waals surface area contributed by atoms with E-state index in [1.165, 1.54) is 5.56 Å². The van der Waals surface area contributed by atoms with Gasteiger partial charge >= 0.3 is 0 Å². The van der Waals surface area contributed by atoms with Crippen LogP contribution < -0.4 is 5.32 Å². The lowest BCUT2D eigenvalue weighted by molar-refractivity contribution is 0.648. The molecule has 0 amide bonds. The molecule has 2 aromatic carbocycles. The zero-order chi connectivity index (χ0) is 17.6. The molecular weight excluding hydrogens is 352 g/mol. The number of thioether (sulfide) groups is 1. The Morgan fingerprint density at radius 2 is 1.92 bits per heavy atom. The zero-order valence-corrected chi connectivity index (χ0v) is 15.9. The van der Waals surface area contributed by atoms with E-state index in [1.54, 1.807) is 11.8 Å². The quantitative estimate of drug-likeness (QED) is 0.581. The highest BCUT2D eigenvalue weighted by molar-refractivity contribution is 7.98. The number of rotatable bonds is 7. The van der Waals surface area contributed by atoms with Gasteiger partial charge in [0.15, 0.2) is 11.0 Å². The molecule has 0 saturated heterocycles. The topological polar surface area (TPSA) is 42.7 Å². The number of benzene rings is 2. The van der Waals surface area contributed by atoms with Gasteiger partial charge in [-0.1, -0.05) is 59.8 Å². The Kier molecular flexibility index (Phi) is 6.00. The van der Waals surface area contributed by atoms with Gasteiger partial charge in [-0.3, -0.25) is 0 Å². The minimum atomic E-state index is 0.617. The van der Waals surface area contributed by atoms with Crippen LogP contribution in [0.5, 0.6) is 0 Å². The molecule has 0 aliphatic carbocycles. The SMILES string of the molecule is CCn1c(CNc2ccc(C)c(Cl)c2)nnc1SCc1ccccc1. The first-order valence-corrected chi connectivity index (χ1v) is 9.62. The highest BCUT2D eigenvalue weighted by Gasteiger charge is 2.11. The maximum absolute atomic E-state index is 6.18. The normalized spacial score (nSPS) is 10.8. The average molecular weight is 373 g/mol. The van der Waals surface area contributed by atoms with E-state index in [0.29, 0.717) is 6.54 Å². The molecule has 3 aromatic rings. The van der Waals surface area contributed by atoms with Crippen molar-refractivity contribution in [3.63, 3.8) is 0 Å². The van der Waals surface area contributed by atoms with E-state index in [1.807, 2.05) is 31.2 Å². The summed E-state index contributed by atoms with van der Waals surface area (Å²) in [4.78, 5) is 0. The summed E-state index contributed by atoms with van der Waals surface area (Å²) in [5.41, 5.74) is 3.34. The van der Waals surface area contributed by atoms with Crippen LogP contribution in [0.2, 0.25) is 5.02 Å². The summed E-state index contributed by atoms with van der Waals surface area (Å²) in [6, 6.07) is 16.4. The second-order valence-electron chi connectivity index (χ2n) is 5.73. The summed E-state index contributed by atoms with van der Waals surface area (Å²) in [5, 5.41) is 13.8. The Hall–Kier alpha value is -1.98. The van der Waals surface area contributed by atoms with Crippen LogP contribution >= 0.6 is 23.4 Å². The number of hydrogen-bond donors (Lipinski definition) is 1. The van der Waals surface area contributed by atoms with Gasteiger partial charge in [-0.15, -0.1) is 10.2 Å². The number of halogens is 1. The predicted molar refractivity (Wildman–Crippen MR) is 105 cm³/mol. The minimum Gasteiger partial charge on any atom is -0.378 e. The Bertz CT molecular complexity index is 833. The van der Waals surface area contributed by atoms with Crippen molar-refractivity contribution in [1.82, 2.24) is 14.8 Å². The minimum absolute atomic E-state index is 0.617. The second-order valence-corrected chi connectivity index (χ2v) is 7.08. The number of aromatic nitrogens is 3. The van der Waals surface area contributed by atoms with Crippen LogP contribution in [0.4, 0.5) is 5.69 Å². The first kappa shape index (κ1) is 17.8. The van der Waals surface area contributed by atoms with Gasteiger partial charge in [-0.2, -0.15) is 0 Å². The molecule has 0 radical (unpaired) electrons. The van der Waals surface area contributed by atoms with Gasteiger partial charge in [-0.05, 0) is 37.1 Å². The molecule has 25 heavy (non-hydrogen) atoms. The van der Waals surface area contributed by atoms with E-state index in [2.05, 4.69) is 51.3 Å². The van der Waals surface area contributed by atoms with Crippen LogP contribution in [0.15, 0.2) is 53.7 Å². The third-order valence-electron chi connectivity index (χ3n) is 3.94. The van der Waals surface area contributed by atoms with Gasteiger partial charge in [-0.25, -0.2) is 0 Å². The Labute approximate surface area is 157 Å². The zero-order valence-electron chi connectivity index (χ0n) is 14.4. The van der Waals surface area contributed by atoms with E-state index in [4.69, 9.17) is 11.6 Å². The fourth-order valence-corrected chi connectivity index (χ4v) is 3.64. The molecule has 0 saturated carbocycles. The number of nitrogens with one attached hydrogen (secondary N) is 1. The van der Waals surface area contributed by atoms with Crippen molar-refractivity contribution < 1.29 is 0 Å². The molecule has 130 valence electrons. The fraction of sp³-hybridized carbons (Fsp3) is 0.263. The van der Waals surface area contributed by atoms with E-state index in [-0.39, 0.29) is 0 Å². The van der Waals surface area contributed by atoms with E-state index in [9.17, 15) is 0 Å². The van der Waals surface area contributed by atoms with Gasteiger partial charge in [0.2, 0.25) is 0 Å². The summed E-state index contributed by atoms with van der Waals surface area (Å²) in [5.74, 6) is 1.81. The van der Waals surface area contributed by atoms with Crippen molar-refractivity contribution >= 4 is 29.1 Å². The third-order valence-corrected chi connectivity index (χ3v) is 5.39. The van der Waals surface area contributed by atoms with Crippen LogP contribution in [0.3, 0.4) is 0 Å². The fourth-order valence-electron chi connectivity index (χ4n) is 2.48. The lowest BCUT2D eigenvalue weighted by atomic mass is 10.2. The monoisotopic (exact) mass is 372 g/mol. The maximum atomic E-state index is 6.18. The smallest absolute Gasteiger partial charge is 0.191 e. The van der Waals surface area contributed by atoms with Crippen LogP contribution in [0.25, 0.3) is 0 Å².